The number of hydrogen-bond donors (Lipinski definition) is 3. The summed E-state index contributed by atoms with van der Waals surface area (Å²) in [5.74, 6) is -0.680. The van der Waals surface area contributed by atoms with E-state index in [1.165, 1.54) is 29.6 Å². The van der Waals surface area contributed by atoms with Gasteiger partial charge >= 0.3 is 0 Å². The van der Waals surface area contributed by atoms with E-state index in [0.717, 1.165) is 11.3 Å². The second-order valence-corrected chi connectivity index (χ2v) is 10.2. The molecule has 6 nitrogen and oxygen atoms in total. The van der Waals surface area contributed by atoms with Crippen molar-refractivity contribution in [1.82, 2.24) is 10.6 Å². The Labute approximate surface area is 193 Å². The fraction of sp³-hybridized carbons (Fsp3) is 0.286. The van der Waals surface area contributed by atoms with Crippen molar-refractivity contribution in [1.29, 1.82) is 0 Å². The van der Waals surface area contributed by atoms with Crippen molar-refractivity contribution < 1.29 is 14.0 Å². The molecule has 2 aromatic rings. The van der Waals surface area contributed by atoms with Crippen LogP contribution >= 0.6 is 35.7 Å². The summed E-state index contributed by atoms with van der Waals surface area (Å²) >= 11 is 8.17. The number of carbonyl (C=O) groups excluding carboxylic acids is 2. The molecule has 0 aromatic heterocycles. The van der Waals surface area contributed by atoms with Gasteiger partial charge in [0.15, 0.2) is 0 Å². The van der Waals surface area contributed by atoms with Crippen LogP contribution in [0, 0.1) is 19.7 Å². The molecule has 31 heavy (non-hydrogen) atoms. The maximum atomic E-state index is 13.7. The Balaban J connectivity index is 1.41. The normalized spacial score (nSPS) is 22.8. The van der Waals surface area contributed by atoms with Gasteiger partial charge in [-0.1, -0.05) is 48.2 Å². The molecule has 0 radical (unpaired) electrons. The van der Waals surface area contributed by atoms with Crippen molar-refractivity contribution in [2.75, 3.05) is 16.0 Å². The average molecular weight is 477 g/mol. The van der Waals surface area contributed by atoms with Gasteiger partial charge in [0.1, 0.15) is 27.1 Å². The number of thiocarbonyl (C=S) groups is 1. The lowest BCUT2D eigenvalue weighted by atomic mass is 10.1. The van der Waals surface area contributed by atoms with Crippen LogP contribution in [0.1, 0.15) is 11.1 Å². The molecule has 162 valence electrons. The minimum atomic E-state index is -0.456. The van der Waals surface area contributed by atoms with Crippen molar-refractivity contribution in [3.8, 4) is 0 Å². The molecule has 2 aromatic carbocycles. The number of carbonyl (C=O) groups is 2. The standard InChI is InChI=1S/C21H21FN4O2S3/c1-11-7-8-13(9-14(11)22)23-16(27)10-30-20-24-18-17(19(28)25-20)31-21(29)26(18)15-6-4-3-5-12(15)2/h3-9,17-18,20,24H,10H2,1-2H3,(H,23,27)(H,25,28). The van der Waals surface area contributed by atoms with E-state index in [-0.39, 0.29) is 34.8 Å². The molecule has 0 spiro atoms. The maximum absolute atomic E-state index is 13.7. The number of aryl methyl sites for hydroxylation is 2. The van der Waals surface area contributed by atoms with Gasteiger partial charge in [0, 0.05) is 11.4 Å². The Morgan fingerprint density at radius 2 is 2.03 bits per heavy atom. The highest BCUT2D eigenvalue weighted by molar-refractivity contribution is 8.24. The topological polar surface area (TPSA) is 73.5 Å². The van der Waals surface area contributed by atoms with Gasteiger partial charge in [0.05, 0.1) is 5.75 Å². The molecule has 2 aliphatic heterocycles. The molecule has 2 aliphatic rings. The number of nitrogens with zero attached hydrogens (tertiary/aromatic N) is 1. The average Bonchev–Trinajstić information content (AvgIpc) is 3.06. The number of fused-ring (bicyclic) bond motifs is 1. The first-order valence-electron chi connectivity index (χ1n) is 9.63. The summed E-state index contributed by atoms with van der Waals surface area (Å²) in [6, 6.07) is 12.4. The van der Waals surface area contributed by atoms with Crippen LogP contribution in [0.4, 0.5) is 15.8 Å². The molecule has 3 atom stereocenters. The second-order valence-electron chi connectivity index (χ2n) is 7.28. The lowest BCUT2D eigenvalue weighted by molar-refractivity contribution is -0.122. The van der Waals surface area contributed by atoms with E-state index in [9.17, 15) is 14.0 Å². The number of thioether (sulfide) groups is 2. The smallest absolute Gasteiger partial charge is 0.238 e. The van der Waals surface area contributed by atoms with Gasteiger partial charge in [-0.25, -0.2) is 4.39 Å². The summed E-state index contributed by atoms with van der Waals surface area (Å²) in [6.45, 7) is 3.66. The van der Waals surface area contributed by atoms with Gasteiger partial charge in [-0.2, -0.15) is 0 Å². The first kappa shape index (κ1) is 22.1. The van der Waals surface area contributed by atoms with Gasteiger partial charge in [-0.3, -0.25) is 14.9 Å². The molecule has 10 heteroatoms. The van der Waals surface area contributed by atoms with Crippen molar-refractivity contribution in [2.45, 2.75) is 30.8 Å². The van der Waals surface area contributed by atoms with E-state index in [4.69, 9.17) is 12.2 Å². The van der Waals surface area contributed by atoms with Gasteiger partial charge in [0.25, 0.3) is 0 Å². The van der Waals surface area contributed by atoms with Crippen molar-refractivity contribution >= 4 is 63.3 Å². The largest absolute Gasteiger partial charge is 0.331 e. The summed E-state index contributed by atoms with van der Waals surface area (Å²) in [4.78, 5) is 27.0. The number of rotatable bonds is 5. The van der Waals surface area contributed by atoms with Crippen LogP contribution in [0.5, 0.6) is 0 Å². The maximum Gasteiger partial charge on any atom is 0.238 e. The molecule has 0 aliphatic carbocycles. The monoisotopic (exact) mass is 476 g/mol. The van der Waals surface area contributed by atoms with Crippen LogP contribution in [0.15, 0.2) is 42.5 Å². The van der Waals surface area contributed by atoms with Crippen molar-refractivity contribution in [3.63, 3.8) is 0 Å². The van der Waals surface area contributed by atoms with Crippen molar-refractivity contribution in [2.24, 2.45) is 0 Å². The minimum absolute atomic E-state index is 0.0901. The van der Waals surface area contributed by atoms with E-state index < -0.39 is 5.50 Å². The van der Waals surface area contributed by atoms with Crippen LogP contribution in [-0.4, -0.2) is 38.8 Å². The molecule has 0 saturated carbocycles. The lowest BCUT2D eigenvalue weighted by Gasteiger charge is -2.37. The van der Waals surface area contributed by atoms with E-state index >= 15 is 0 Å². The van der Waals surface area contributed by atoms with Gasteiger partial charge in [0.2, 0.25) is 11.8 Å². The summed E-state index contributed by atoms with van der Waals surface area (Å²) < 4.78 is 14.3. The molecule has 3 N–H and O–H groups in total. The summed E-state index contributed by atoms with van der Waals surface area (Å²) in [7, 11) is 0. The fourth-order valence-corrected chi connectivity index (χ4v) is 5.84. The van der Waals surface area contributed by atoms with Crippen LogP contribution in [0.3, 0.4) is 0 Å². The van der Waals surface area contributed by atoms with Crippen LogP contribution < -0.4 is 20.9 Å². The third-order valence-corrected chi connectivity index (χ3v) is 7.68. The predicted octanol–water partition coefficient (Wildman–Crippen LogP) is 3.35. The number of hydrogen-bond acceptors (Lipinski definition) is 6. The predicted molar refractivity (Wildman–Crippen MR) is 129 cm³/mol. The summed E-state index contributed by atoms with van der Waals surface area (Å²) in [6.07, 6.45) is -0.306. The molecule has 2 fully saturated rings. The SMILES string of the molecule is Cc1ccc(NC(=O)CSC2NC(=O)C3SC(=S)N(c4ccccc4C)C3N2)cc1F. The van der Waals surface area contributed by atoms with E-state index in [1.807, 2.05) is 36.1 Å². The second kappa shape index (κ2) is 9.15. The van der Waals surface area contributed by atoms with Gasteiger partial charge in [-0.15, -0.1) is 11.8 Å². The molecule has 3 unspecified atom stereocenters. The number of anilines is 2. The Morgan fingerprint density at radius 3 is 2.77 bits per heavy atom. The lowest BCUT2D eigenvalue weighted by Crippen LogP contribution is -2.64. The Hall–Kier alpha value is -2.14. The van der Waals surface area contributed by atoms with Crippen LogP contribution in [0.2, 0.25) is 0 Å². The fourth-order valence-electron chi connectivity index (χ4n) is 3.44. The quantitative estimate of drug-likeness (QED) is 0.572. The Bertz CT molecular complexity index is 1050. The number of nitrogens with one attached hydrogen (secondary N) is 3. The number of para-hydroxylation sites is 1. The highest BCUT2D eigenvalue weighted by Gasteiger charge is 2.48. The molecule has 4 rings (SSSR count). The number of halogens is 1. The highest BCUT2D eigenvalue weighted by atomic mass is 32.2. The summed E-state index contributed by atoms with van der Waals surface area (Å²) in [5.41, 5.74) is 2.48. The molecular weight excluding hydrogens is 455 g/mol. The van der Waals surface area contributed by atoms with Gasteiger partial charge < -0.3 is 15.5 Å². The van der Waals surface area contributed by atoms with Crippen LogP contribution in [-0.2, 0) is 9.59 Å². The third kappa shape index (κ3) is 4.72. The minimum Gasteiger partial charge on any atom is -0.331 e. The molecule has 2 heterocycles. The Kier molecular flexibility index (Phi) is 6.52. The molecular formula is C21H21FN4O2S3. The zero-order valence-corrected chi connectivity index (χ0v) is 19.3. The van der Waals surface area contributed by atoms with Crippen molar-refractivity contribution in [3.05, 3.63) is 59.4 Å². The first-order valence-corrected chi connectivity index (χ1v) is 12.0. The van der Waals surface area contributed by atoms with E-state index in [2.05, 4.69) is 16.0 Å². The first-order chi connectivity index (χ1) is 14.8. The van der Waals surface area contributed by atoms with Crippen LogP contribution in [0.25, 0.3) is 0 Å². The number of benzene rings is 2. The molecule has 0 bridgehead atoms. The third-order valence-electron chi connectivity index (χ3n) is 5.05. The zero-order valence-electron chi connectivity index (χ0n) is 16.8. The summed E-state index contributed by atoms with van der Waals surface area (Å²) in [5, 5.41) is 8.61. The molecule has 2 saturated heterocycles. The Morgan fingerprint density at radius 1 is 1.26 bits per heavy atom. The molecule has 2 amide bonds. The zero-order chi connectivity index (χ0) is 22.1. The van der Waals surface area contributed by atoms with E-state index in [1.54, 1.807) is 19.1 Å². The highest BCUT2D eigenvalue weighted by Crippen LogP contribution is 2.38. The number of amides is 2. The van der Waals surface area contributed by atoms with Gasteiger partial charge in [-0.05, 0) is 43.2 Å². The van der Waals surface area contributed by atoms with E-state index in [0.29, 0.717) is 15.6 Å².